The van der Waals surface area contributed by atoms with Crippen molar-refractivity contribution in [3.05, 3.63) is 77.5 Å². The summed E-state index contributed by atoms with van der Waals surface area (Å²) in [6.45, 7) is 8.47. The van der Waals surface area contributed by atoms with Crippen LogP contribution in [0.25, 0.3) is 10.9 Å². The van der Waals surface area contributed by atoms with Crippen LogP contribution < -0.4 is 4.74 Å². The van der Waals surface area contributed by atoms with Crippen molar-refractivity contribution >= 4 is 16.7 Å². The molecule has 3 heteroatoms. The van der Waals surface area contributed by atoms with Gasteiger partial charge in [0.25, 0.3) is 0 Å². The molecule has 0 spiro atoms. The predicted molar refractivity (Wildman–Crippen MR) is 98.0 cm³/mol. The number of methoxy groups -OCH3 is 1. The predicted octanol–water partition coefficient (Wildman–Crippen LogP) is 4.68. The summed E-state index contributed by atoms with van der Waals surface area (Å²) in [6.07, 6.45) is 1.84. The van der Waals surface area contributed by atoms with Crippen LogP contribution in [-0.4, -0.2) is 17.5 Å². The maximum Gasteiger partial charge on any atom is 0.195 e. The highest BCUT2D eigenvalue weighted by Gasteiger charge is 2.23. The first kappa shape index (κ1) is 16.1. The summed E-state index contributed by atoms with van der Waals surface area (Å²) < 4.78 is 7.63. The van der Waals surface area contributed by atoms with E-state index in [9.17, 15) is 4.79 Å². The van der Waals surface area contributed by atoms with Crippen molar-refractivity contribution in [3.63, 3.8) is 0 Å². The van der Waals surface area contributed by atoms with E-state index in [4.69, 9.17) is 4.74 Å². The Morgan fingerprint density at radius 3 is 2.50 bits per heavy atom. The molecule has 0 saturated heterocycles. The average Bonchev–Trinajstić information content (AvgIpc) is 2.87. The quantitative estimate of drug-likeness (QED) is 0.505. The molecule has 0 fully saturated rings. The van der Waals surface area contributed by atoms with E-state index in [2.05, 4.69) is 11.1 Å². The molecule has 0 atom stereocenters. The van der Waals surface area contributed by atoms with Crippen molar-refractivity contribution in [1.82, 2.24) is 4.57 Å². The van der Waals surface area contributed by atoms with Crippen LogP contribution in [0.5, 0.6) is 5.75 Å². The van der Waals surface area contributed by atoms with Gasteiger partial charge in [-0.25, -0.2) is 0 Å². The molecule has 0 radical (unpaired) electrons. The standard InChI is InChI=1S/C21H21NO2/c1-5-13-22-15(3)19(20-17(22)7-6-8-18(20)24-4)21(23)16-11-9-14(2)10-12-16/h5-12H,1,13H2,2-4H3. The molecular formula is C21H21NO2. The van der Waals surface area contributed by atoms with Crippen LogP contribution in [-0.2, 0) is 6.54 Å². The summed E-state index contributed by atoms with van der Waals surface area (Å²) in [5.74, 6) is 0.735. The number of ketones is 1. The highest BCUT2D eigenvalue weighted by molar-refractivity contribution is 6.18. The SMILES string of the molecule is C=CCn1c(C)c(C(=O)c2ccc(C)cc2)c2c(OC)cccc21. The molecule has 0 amide bonds. The Hall–Kier alpha value is -2.81. The third-order valence-corrected chi connectivity index (χ3v) is 4.38. The van der Waals surface area contributed by atoms with Crippen LogP contribution in [0.4, 0.5) is 0 Å². The first-order valence-corrected chi connectivity index (χ1v) is 7.96. The molecule has 1 heterocycles. The summed E-state index contributed by atoms with van der Waals surface area (Å²) in [5.41, 5.74) is 4.44. The molecule has 3 aromatic rings. The second-order valence-electron chi connectivity index (χ2n) is 5.91. The number of carbonyl (C=O) groups is 1. The number of hydrogen-bond acceptors (Lipinski definition) is 2. The average molecular weight is 319 g/mol. The van der Waals surface area contributed by atoms with Crippen molar-refractivity contribution in [2.75, 3.05) is 7.11 Å². The van der Waals surface area contributed by atoms with E-state index < -0.39 is 0 Å². The Morgan fingerprint density at radius 2 is 1.88 bits per heavy atom. The van der Waals surface area contributed by atoms with E-state index in [1.54, 1.807) is 7.11 Å². The molecule has 122 valence electrons. The second-order valence-corrected chi connectivity index (χ2v) is 5.91. The lowest BCUT2D eigenvalue weighted by atomic mass is 9.99. The normalized spacial score (nSPS) is 10.8. The Kier molecular flexibility index (Phi) is 4.26. The van der Waals surface area contributed by atoms with Gasteiger partial charge in [0.2, 0.25) is 0 Å². The minimum Gasteiger partial charge on any atom is -0.496 e. The number of allylic oxidation sites excluding steroid dienone is 1. The summed E-state index contributed by atoms with van der Waals surface area (Å²) in [6, 6.07) is 13.5. The molecule has 0 N–H and O–H groups in total. The number of rotatable bonds is 5. The molecule has 3 nitrogen and oxygen atoms in total. The number of benzene rings is 2. The molecule has 1 aromatic heterocycles. The first-order valence-electron chi connectivity index (χ1n) is 7.96. The maximum atomic E-state index is 13.2. The van der Waals surface area contributed by atoms with Gasteiger partial charge in [0, 0.05) is 17.8 Å². The van der Waals surface area contributed by atoms with Gasteiger partial charge in [0.05, 0.1) is 23.6 Å². The van der Waals surface area contributed by atoms with Crippen molar-refractivity contribution in [1.29, 1.82) is 0 Å². The number of carbonyl (C=O) groups excluding carboxylic acids is 1. The minimum atomic E-state index is 0.0183. The largest absolute Gasteiger partial charge is 0.496 e. The van der Waals surface area contributed by atoms with Crippen LogP contribution in [0.1, 0.15) is 27.2 Å². The molecule has 0 aliphatic heterocycles. The van der Waals surface area contributed by atoms with Crippen molar-refractivity contribution in [3.8, 4) is 5.75 Å². The molecule has 0 bridgehead atoms. The van der Waals surface area contributed by atoms with E-state index in [1.165, 1.54) is 0 Å². The van der Waals surface area contributed by atoms with Gasteiger partial charge in [-0.2, -0.15) is 0 Å². The first-order chi connectivity index (χ1) is 11.6. The molecule has 0 saturated carbocycles. The lowest BCUT2D eigenvalue weighted by Gasteiger charge is -2.06. The number of hydrogen-bond donors (Lipinski definition) is 0. The van der Waals surface area contributed by atoms with E-state index in [-0.39, 0.29) is 5.78 Å². The Labute approximate surface area is 142 Å². The Balaban J connectivity index is 2.30. The van der Waals surface area contributed by atoms with Gasteiger partial charge >= 0.3 is 0 Å². The van der Waals surface area contributed by atoms with Crippen molar-refractivity contribution in [2.24, 2.45) is 0 Å². The zero-order chi connectivity index (χ0) is 17.3. The van der Waals surface area contributed by atoms with Gasteiger partial charge < -0.3 is 9.30 Å². The fraction of sp³-hybridized carbons (Fsp3) is 0.190. The lowest BCUT2D eigenvalue weighted by Crippen LogP contribution is -2.05. The lowest BCUT2D eigenvalue weighted by molar-refractivity contribution is 0.103. The number of ether oxygens (including phenoxy) is 1. The van der Waals surface area contributed by atoms with Crippen LogP contribution in [0.2, 0.25) is 0 Å². The molecule has 0 aliphatic rings. The highest BCUT2D eigenvalue weighted by atomic mass is 16.5. The van der Waals surface area contributed by atoms with Crippen molar-refractivity contribution in [2.45, 2.75) is 20.4 Å². The molecular weight excluding hydrogens is 298 g/mol. The third-order valence-electron chi connectivity index (χ3n) is 4.38. The number of aryl methyl sites for hydroxylation is 1. The van der Waals surface area contributed by atoms with Crippen LogP contribution in [0, 0.1) is 13.8 Å². The Bertz CT molecular complexity index is 917. The molecule has 2 aromatic carbocycles. The zero-order valence-corrected chi connectivity index (χ0v) is 14.3. The summed E-state index contributed by atoms with van der Waals surface area (Å²) >= 11 is 0. The fourth-order valence-electron chi connectivity index (χ4n) is 3.15. The van der Waals surface area contributed by atoms with E-state index in [0.717, 1.165) is 22.2 Å². The van der Waals surface area contributed by atoms with Gasteiger partial charge in [-0.3, -0.25) is 4.79 Å². The monoisotopic (exact) mass is 319 g/mol. The summed E-state index contributed by atoms with van der Waals surface area (Å²) in [4.78, 5) is 13.2. The van der Waals surface area contributed by atoms with Gasteiger partial charge in [0.15, 0.2) is 5.78 Å². The molecule has 24 heavy (non-hydrogen) atoms. The highest BCUT2D eigenvalue weighted by Crippen LogP contribution is 2.35. The van der Waals surface area contributed by atoms with Gasteiger partial charge in [0.1, 0.15) is 5.75 Å². The van der Waals surface area contributed by atoms with Crippen LogP contribution in [0.15, 0.2) is 55.1 Å². The fourth-order valence-corrected chi connectivity index (χ4v) is 3.15. The maximum absolute atomic E-state index is 13.2. The third kappa shape index (κ3) is 2.52. The van der Waals surface area contributed by atoms with Gasteiger partial charge in [-0.05, 0) is 26.0 Å². The number of fused-ring (bicyclic) bond motifs is 1. The summed E-state index contributed by atoms with van der Waals surface area (Å²) in [5, 5.41) is 0.866. The molecule has 3 rings (SSSR count). The number of nitrogens with zero attached hydrogens (tertiary/aromatic N) is 1. The van der Waals surface area contributed by atoms with Gasteiger partial charge in [-0.15, -0.1) is 6.58 Å². The van der Waals surface area contributed by atoms with Crippen molar-refractivity contribution < 1.29 is 9.53 Å². The second kappa shape index (κ2) is 6.36. The molecule has 0 unspecified atom stereocenters. The smallest absolute Gasteiger partial charge is 0.195 e. The molecule has 0 aliphatic carbocycles. The zero-order valence-electron chi connectivity index (χ0n) is 14.3. The minimum absolute atomic E-state index is 0.0183. The van der Waals surface area contributed by atoms with E-state index >= 15 is 0 Å². The van der Waals surface area contributed by atoms with Crippen LogP contribution in [0.3, 0.4) is 0 Å². The topological polar surface area (TPSA) is 31.2 Å². The van der Waals surface area contributed by atoms with Gasteiger partial charge in [-0.1, -0.05) is 42.0 Å². The van der Waals surface area contributed by atoms with Crippen LogP contribution >= 0.6 is 0 Å². The van der Waals surface area contributed by atoms with E-state index in [0.29, 0.717) is 23.4 Å². The van der Waals surface area contributed by atoms with E-state index in [1.807, 2.05) is 62.4 Å². The number of aromatic nitrogens is 1. The Morgan fingerprint density at radius 1 is 1.17 bits per heavy atom. The summed E-state index contributed by atoms with van der Waals surface area (Å²) in [7, 11) is 1.63.